The summed E-state index contributed by atoms with van der Waals surface area (Å²) < 4.78 is 0. The van der Waals surface area contributed by atoms with Crippen LogP contribution in [-0.2, 0) is 13.0 Å². The van der Waals surface area contributed by atoms with Crippen molar-refractivity contribution in [1.29, 1.82) is 0 Å². The van der Waals surface area contributed by atoms with Crippen molar-refractivity contribution < 1.29 is 4.79 Å². The zero-order valence-electron chi connectivity index (χ0n) is 13.7. The van der Waals surface area contributed by atoms with Crippen molar-refractivity contribution in [1.82, 2.24) is 20.1 Å². The second-order valence-electron chi connectivity index (χ2n) is 6.30. The molecule has 1 fully saturated rings. The minimum atomic E-state index is -0.255. The molecule has 1 saturated heterocycles. The van der Waals surface area contributed by atoms with Crippen LogP contribution in [0.1, 0.15) is 33.9 Å². The number of amides is 1. The molecule has 0 saturated carbocycles. The van der Waals surface area contributed by atoms with Crippen LogP contribution in [0.25, 0.3) is 0 Å². The molecule has 0 radical (unpaired) electrons. The topological polar surface area (TPSA) is 74.2 Å². The van der Waals surface area contributed by atoms with E-state index in [2.05, 4.69) is 37.3 Å². The average molecular weight is 344 g/mol. The minimum Gasteiger partial charge on any atom is -0.355 e. The summed E-state index contributed by atoms with van der Waals surface area (Å²) in [4.78, 5) is 22.6. The quantitative estimate of drug-likeness (QED) is 0.915. The zero-order valence-corrected chi connectivity index (χ0v) is 14.5. The van der Waals surface area contributed by atoms with Crippen molar-refractivity contribution in [3.8, 4) is 0 Å². The van der Waals surface area contributed by atoms with E-state index < -0.39 is 0 Å². The average Bonchev–Trinajstić information content (AvgIpc) is 3.23. The van der Waals surface area contributed by atoms with E-state index in [-0.39, 0.29) is 5.91 Å². The summed E-state index contributed by atoms with van der Waals surface area (Å²) in [5, 5.41) is 11.8. The number of rotatable bonds is 3. The first-order valence-electron chi connectivity index (χ1n) is 8.26. The van der Waals surface area contributed by atoms with Crippen LogP contribution >= 0.6 is 11.3 Å². The van der Waals surface area contributed by atoms with Gasteiger partial charge < -0.3 is 9.80 Å². The number of likely N-dealkylation sites (N-methyl/N-ethyl adjacent to an activating group) is 1. The van der Waals surface area contributed by atoms with Gasteiger partial charge in [0.25, 0.3) is 5.91 Å². The maximum absolute atomic E-state index is 12.4. The molecule has 0 atom stereocenters. The highest BCUT2D eigenvalue weighted by molar-refractivity contribution is 7.15. The van der Waals surface area contributed by atoms with Gasteiger partial charge in [0.1, 0.15) is 0 Å². The van der Waals surface area contributed by atoms with Gasteiger partial charge in [-0.25, -0.2) is 4.98 Å². The van der Waals surface area contributed by atoms with Crippen molar-refractivity contribution in [2.45, 2.75) is 25.8 Å². The monoisotopic (exact) mass is 344 g/mol. The largest absolute Gasteiger partial charge is 0.355 e. The van der Waals surface area contributed by atoms with Gasteiger partial charge in [0.2, 0.25) is 0 Å². The van der Waals surface area contributed by atoms with Gasteiger partial charge in [-0.1, -0.05) is 0 Å². The third-order valence-electron chi connectivity index (χ3n) is 4.46. The Morgan fingerprint density at radius 2 is 2.04 bits per heavy atom. The molecule has 2 aromatic rings. The molecule has 24 heavy (non-hydrogen) atoms. The van der Waals surface area contributed by atoms with E-state index in [1.165, 1.54) is 17.7 Å². The van der Waals surface area contributed by atoms with E-state index in [1.54, 1.807) is 17.4 Å². The summed E-state index contributed by atoms with van der Waals surface area (Å²) >= 11 is 1.54. The van der Waals surface area contributed by atoms with Gasteiger partial charge in [0.15, 0.2) is 16.6 Å². The van der Waals surface area contributed by atoms with E-state index in [4.69, 9.17) is 0 Å². The molecule has 7 nitrogen and oxygen atoms in total. The van der Waals surface area contributed by atoms with Crippen LogP contribution in [0, 0.1) is 0 Å². The van der Waals surface area contributed by atoms with Crippen LogP contribution in [0.15, 0.2) is 12.1 Å². The third kappa shape index (κ3) is 3.11. The molecule has 2 aliphatic rings. The number of thiazole rings is 1. The molecule has 1 amide bonds. The molecule has 0 bridgehead atoms. The van der Waals surface area contributed by atoms with Gasteiger partial charge in [0, 0.05) is 37.5 Å². The Hall–Kier alpha value is -2.06. The van der Waals surface area contributed by atoms with E-state index in [9.17, 15) is 4.79 Å². The van der Waals surface area contributed by atoms with Gasteiger partial charge in [-0.15, -0.1) is 21.5 Å². The van der Waals surface area contributed by atoms with E-state index in [1.807, 2.05) is 6.07 Å². The Kier molecular flexibility index (Phi) is 4.15. The first-order chi connectivity index (χ1) is 11.7. The second kappa shape index (κ2) is 6.45. The number of carbonyl (C=O) groups is 1. The Balaban J connectivity index is 1.44. The first kappa shape index (κ1) is 15.5. The smallest absolute Gasteiger partial charge is 0.277 e. The molecule has 2 aromatic heterocycles. The fraction of sp³-hybridized carbons (Fsp3) is 0.500. The van der Waals surface area contributed by atoms with Crippen LogP contribution in [0.3, 0.4) is 0 Å². The molecule has 1 N–H and O–H groups in total. The number of fused-ring (bicyclic) bond motifs is 1. The van der Waals surface area contributed by atoms with Crippen molar-refractivity contribution in [2.75, 3.05) is 36.9 Å². The summed E-state index contributed by atoms with van der Waals surface area (Å²) in [5.41, 5.74) is 1.42. The predicted octanol–water partition coefficient (Wildman–Crippen LogP) is 1.77. The fourth-order valence-corrected chi connectivity index (χ4v) is 4.18. The molecule has 8 heteroatoms. The van der Waals surface area contributed by atoms with Crippen LogP contribution < -0.4 is 10.2 Å². The molecule has 4 rings (SSSR count). The third-order valence-corrected chi connectivity index (χ3v) is 5.45. The van der Waals surface area contributed by atoms with Gasteiger partial charge in [-0.2, -0.15) is 0 Å². The number of aromatic nitrogens is 3. The van der Waals surface area contributed by atoms with Crippen LogP contribution in [-0.4, -0.2) is 52.7 Å². The predicted molar refractivity (Wildman–Crippen MR) is 93.6 cm³/mol. The Labute approximate surface area is 144 Å². The van der Waals surface area contributed by atoms with Gasteiger partial charge >= 0.3 is 0 Å². The van der Waals surface area contributed by atoms with Crippen LogP contribution in [0.2, 0.25) is 0 Å². The number of anilines is 2. The van der Waals surface area contributed by atoms with E-state index in [0.29, 0.717) is 10.8 Å². The van der Waals surface area contributed by atoms with Gasteiger partial charge in [0.05, 0.1) is 5.69 Å². The summed E-state index contributed by atoms with van der Waals surface area (Å²) in [6, 6.07) is 3.60. The maximum atomic E-state index is 12.4. The second-order valence-corrected chi connectivity index (χ2v) is 7.39. The highest BCUT2D eigenvalue weighted by Crippen LogP contribution is 2.28. The molecule has 0 unspecified atom stereocenters. The van der Waals surface area contributed by atoms with Crippen LogP contribution in [0.5, 0.6) is 0 Å². The highest BCUT2D eigenvalue weighted by atomic mass is 32.1. The fourth-order valence-electron chi connectivity index (χ4n) is 3.10. The van der Waals surface area contributed by atoms with Crippen molar-refractivity contribution in [2.24, 2.45) is 0 Å². The number of hydrogen-bond acceptors (Lipinski definition) is 7. The van der Waals surface area contributed by atoms with Crippen LogP contribution in [0.4, 0.5) is 10.9 Å². The lowest BCUT2D eigenvalue weighted by Crippen LogP contribution is -2.25. The summed E-state index contributed by atoms with van der Waals surface area (Å²) in [5.74, 6) is 0.590. The zero-order chi connectivity index (χ0) is 16.5. The SMILES string of the molecule is CN1CCc2nc(NC(=O)c3ccc(N4CCCC4)nn3)sc2C1. The van der Waals surface area contributed by atoms with Crippen molar-refractivity contribution in [3.63, 3.8) is 0 Å². The molecule has 4 heterocycles. The van der Waals surface area contributed by atoms with Gasteiger partial charge in [-0.05, 0) is 32.0 Å². The van der Waals surface area contributed by atoms with E-state index in [0.717, 1.165) is 44.1 Å². The van der Waals surface area contributed by atoms with Crippen molar-refractivity contribution in [3.05, 3.63) is 28.4 Å². The summed E-state index contributed by atoms with van der Waals surface area (Å²) in [6.07, 6.45) is 3.31. The van der Waals surface area contributed by atoms with E-state index >= 15 is 0 Å². The number of nitrogens with zero attached hydrogens (tertiary/aromatic N) is 5. The normalized spacial score (nSPS) is 17.8. The lowest BCUT2D eigenvalue weighted by Gasteiger charge is -2.20. The number of hydrogen-bond donors (Lipinski definition) is 1. The molecular formula is C16H20N6OS. The Bertz CT molecular complexity index is 738. The molecule has 0 aromatic carbocycles. The lowest BCUT2D eigenvalue weighted by molar-refractivity contribution is 0.102. The van der Waals surface area contributed by atoms with Gasteiger partial charge in [-0.3, -0.25) is 10.1 Å². The molecule has 126 valence electrons. The molecular weight excluding hydrogens is 324 g/mol. The standard InChI is InChI=1S/C16H20N6OS/c1-21-9-6-11-13(10-21)24-16(17-11)18-15(23)12-4-5-14(20-19-12)22-7-2-3-8-22/h4-5H,2-3,6-10H2,1H3,(H,17,18,23). The van der Waals surface area contributed by atoms with Crippen molar-refractivity contribution >= 4 is 28.2 Å². The first-order valence-corrected chi connectivity index (χ1v) is 9.08. The summed E-state index contributed by atoms with van der Waals surface area (Å²) in [7, 11) is 2.10. The summed E-state index contributed by atoms with van der Waals surface area (Å²) in [6.45, 7) is 3.93. The Morgan fingerprint density at radius 1 is 1.21 bits per heavy atom. The lowest BCUT2D eigenvalue weighted by atomic mass is 10.2. The highest BCUT2D eigenvalue weighted by Gasteiger charge is 2.20. The molecule has 0 aliphatic carbocycles. The molecule has 2 aliphatic heterocycles. The Morgan fingerprint density at radius 3 is 2.79 bits per heavy atom. The minimum absolute atomic E-state index is 0.255. The molecule has 0 spiro atoms. The number of carbonyl (C=O) groups excluding carboxylic acids is 1. The number of nitrogens with one attached hydrogen (secondary N) is 1. The maximum Gasteiger partial charge on any atom is 0.277 e.